The molecule has 1 aliphatic heterocycles. The van der Waals surface area contributed by atoms with Crippen molar-refractivity contribution < 1.29 is 4.79 Å². The highest BCUT2D eigenvalue weighted by molar-refractivity contribution is 6.30. The molecule has 7 heteroatoms. The molecule has 3 heterocycles. The van der Waals surface area contributed by atoms with Gasteiger partial charge < -0.3 is 9.88 Å². The van der Waals surface area contributed by atoms with E-state index in [1.807, 2.05) is 28.9 Å². The van der Waals surface area contributed by atoms with E-state index in [1.54, 1.807) is 0 Å². The Labute approximate surface area is 139 Å². The first-order valence-corrected chi connectivity index (χ1v) is 8.10. The third-order valence-corrected chi connectivity index (χ3v) is 4.43. The number of H-pyrrole nitrogens is 1. The van der Waals surface area contributed by atoms with Gasteiger partial charge in [-0.3, -0.25) is 14.3 Å². The normalized spacial score (nSPS) is 18.2. The number of hydrogen-bond donors (Lipinski definition) is 1. The van der Waals surface area contributed by atoms with Crippen LogP contribution in [0, 0.1) is 6.92 Å². The topological polar surface area (TPSA) is 71.0 Å². The number of rotatable bonds is 3. The van der Waals surface area contributed by atoms with Gasteiger partial charge in [-0.1, -0.05) is 11.6 Å². The second-order valence-corrected chi connectivity index (χ2v) is 6.36. The molecule has 2 aromatic rings. The SMILES string of the molecule is Cc1cnn(C[C@@H]2CCCCN2C(=O)c2c[nH]c(=O)c(Cl)c2)c1. The van der Waals surface area contributed by atoms with Gasteiger partial charge in [0.2, 0.25) is 0 Å². The van der Waals surface area contributed by atoms with Crippen molar-refractivity contribution >= 4 is 17.5 Å². The maximum atomic E-state index is 12.8. The van der Waals surface area contributed by atoms with E-state index in [2.05, 4.69) is 10.1 Å². The largest absolute Gasteiger partial charge is 0.334 e. The van der Waals surface area contributed by atoms with Gasteiger partial charge in [-0.15, -0.1) is 0 Å². The second-order valence-electron chi connectivity index (χ2n) is 5.95. The van der Waals surface area contributed by atoms with Crippen molar-refractivity contribution in [3.63, 3.8) is 0 Å². The molecule has 0 radical (unpaired) electrons. The molecule has 1 N–H and O–H groups in total. The molecule has 0 saturated carbocycles. The van der Waals surface area contributed by atoms with Crippen LogP contribution in [0.25, 0.3) is 0 Å². The van der Waals surface area contributed by atoms with Crippen LogP contribution in [-0.4, -0.2) is 38.2 Å². The minimum Gasteiger partial charge on any atom is -0.334 e. The summed E-state index contributed by atoms with van der Waals surface area (Å²) in [7, 11) is 0. The lowest BCUT2D eigenvalue weighted by atomic mass is 10.0. The molecule has 1 saturated heterocycles. The van der Waals surface area contributed by atoms with Crippen molar-refractivity contribution in [3.05, 3.63) is 51.2 Å². The molecule has 0 spiro atoms. The Balaban J connectivity index is 1.81. The Morgan fingerprint density at radius 2 is 2.30 bits per heavy atom. The predicted octanol–water partition coefficient (Wildman–Crippen LogP) is 2.23. The van der Waals surface area contributed by atoms with Crippen LogP contribution in [0.5, 0.6) is 0 Å². The Morgan fingerprint density at radius 1 is 1.48 bits per heavy atom. The van der Waals surface area contributed by atoms with Crippen LogP contribution in [0.1, 0.15) is 35.2 Å². The maximum absolute atomic E-state index is 12.8. The number of carbonyl (C=O) groups is 1. The molecule has 2 aromatic heterocycles. The van der Waals surface area contributed by atoms with Crippen LogP contribution >= 0.6 is 11.6 Å². The molecular formula is C16H19ClN4O2. The quantitative estimate of drug-likeness (QED) is 0.935. The van der Waals surface area contributed by atoms with Gasteiger partial charge in [0.25, 0.3) is 11.5 Å². The molecule has 3 rings (SSSR count). The first kappa shape index (κ1) is 15.8. The second kappa shape index (κ2) is 6.58. The van der Waals surface area contributed by atoms with Gasteiger partial charge in [-0.2, -0.15) is 5.10 Å². The van der Waals surface area contributed by atoms with Crippen molar-refractivity contribution in [2.75, 3.05) is 6.54 Å². The molecule has 0 unspecified atom stereocenters. The first-order chi connectivity index (χ1) is 11.0. The predicted molar refractivity (Wildman–Crippen MR) is 87.7 cm³/mol. The number of nitrogens with one attached hydrogen (secondary N) is 1. The number of nitrogens with zero attached hydrogens (tertiary/aromatic N) is 3. The number of amides is 1. The third kappa shape index (κ3) is 3.47. The summed E-state index contributed by atoms with van der Waals surface area (Å²) in [6.07, 6.45) is 8.26. The van der Waals surface area contributed by atoms with E-state index in [4.69, 9.17) is 11.6 Å². The summed E-state index contributed by atoms with van der Waals surface area (Å²) in [6.45, 7) is 3.38. The molecule has 6 nitrogen and oxygen atoms in total. The molecule has 23 heavy (non-hydrogen) atoms. The smallest absolute Gasteiger partial charge is 0.266 e. The molecule has 1 atom stereocenters. The molecule has 0 bridgehead atoms. The fourth-order valence-electron chi connectivity index (χ4n) is 2.99. The average Bonchev–Trinajstić information content (AvgIpc) is 2.95. The van der Waals surface area contributed by atoms with Crippen molar-refractivity contribution in [2.45, 2.75) is 38.8 Å². The van der Waals surface area contributed by atoms with Crippen LogP contribution < -0.4 is 5.56 Å². The zero-order valence-corrected chi connectivity index (χ0v) is 13.7. The monoisotopic (exact) mass is 334 g/mol. The zero-order chi connectivity index (χ0) is 16.4. The number of aryl methyl sites for hydroxylation is 1. The number of aromatic amines is 1. The molecule has 0 aromatic carbocycles. The van der Waals surface area contributed by atoms with E-state index in [1.165, 1.54) is 12.3 Å². The van der Waals surface area contributed by atoms with Crippen LogP contribution in [0.3, 0.4) is 0 Å². The van der Waals surface area contributed by atoms with Crippen molar-refractivity contribution in [1.29, 1.82) is 0 Å². The van der Waals surface area contributed by atoms with Gasteiger partial charge in [-0.05, 0) is 37.8 Å². The zero-order valence-electron chi connectivity index (χ0n) is 13.0. The van der Waals surface area contributed by atoms with Gasteiger partial charge in [0.1, 0.15) is 5.02 Å². The number of carbonyl (C=O) groups excluding carboxylic acids is 1. The summed E-state index contributed by atoms with van der Waals surface area (Å²) in [5, 5.41) is 4.35. The van der Waals surface area contributed by atoms with Gasteiger partial charge in [0.15, 0.2) is 0 Å². The number of aromatic nitrogens is 3. The molecule has 1 aliphatic rings. The van der Waals surface area contributed by atoms with E-state index in [0.717, 1.165) is 24.8 Å². The minimum atomic E-state index is -0.384. The summed E-state index contributed by atoms with van der Waals surface area (Å²) < 4.78 is 1.88. The van der Waals surface area contributed by atoms with E-state index < -0.39 is 0 Å². The number of hydrogen-bond acceptors (Lipinski definition) is 3. The fourth-order valence-corrected chi connectivity index (χ4v) is 3.16. The lowest BCUT2D eigenvalue weighted by Gasteiger charge is -2.35. The number of pyridine rings is 1. The Morgan fingerprint density at radius 3 is 3.00 bits per heavy atom. The van der Waals surface area contributed by atoms with Gasteiger partial charge >= 0.3 is 0 Å². The maximum Gasteiger partial charge on any atom is 0.266 e. The number of likely N-dealkylation sites (tertiary alicyclic amines) is 1. The highest BCUT2D eigenvalue weighted by atomic mass is 35.5. The van der Waals surface area contributed by atoms with E-state index >= 15 is 0 Å². The molecule has 1 fully saturated rings. The fraction of sp³-hybridized carbons (Fsp3) is 0.438. The summed E-state index contributed by atoms with van der Waals surface area (Å²) in [6, 6.07) is 1.54. The standard InChI is InChI=1S/C16H19ClN4O2/c1-11-7-19-20(9-11)10-13-4-2-3-5-21(13)16(23)12-6-14(17)15(22)18-8-12/h6-9,13H,2-5,10H2,1H3,(H,18,22)/t13-/m0/s1. The Bertz CT molecular complexity index is 767. The van der Waals surface area contributed by atoms with Crippen molar-refractivity contribution in [1.82, 2.24) is 19.7 Å². The summed E-state index contributed by atoms with van der Waals surface area (Å²) in [5.41, 5.74) is 1.13. The summed E-state index contributed by atoms with van der Waals surface area (Å²) >= 11 is 5.84. The third-order valence-electron chi connectivity index (χ3n) is 4.15. The highest BCUT2D eigenvalue weighted by Gasteiger charge is 2.28. The van der Waals surface area contributed by atoms with Crippen molar-refractivity contribution in [3.8, 4) is 0 Å². The van der Waals surface area contributed by atoms with E-state index in [-0.39, 0.29) is 22.5 Å². The van der Waals surface area contributed by atoms with Crippen LogP contribution in [-0.2, 0) is 6.54 Å². The van der Waals surface area contributed by atoms with Gasteiger partial charge in [-0.25, -0.2) is 0 Å². The highest BCUT2D eigenvalue weighted by Crippen LogP contribution is 2.21. The summed E-state index contributed by atoms with van der Waals surface area (Å²) in [4.78, 5) is 28.5. The van der Waals surface area contributed by atoms with Gasteiger partial charge in [0.05, 0.1) is 24.3 Å². The molecule has 122 valence electrons. The van der Waals surface area contributed by atoms with E-state index in [9.17, 15) is 9.59 Å². The first-order valence-electron chi connectivity index (χ1n) is 7.73. The Kier molecular flexibility index (Phi) is 4.52. The van der Waals surface area contributed by atoms with Crippen LogP contribution in [0.4, 0.5) is 0 Å². The lowest BCUT2D eigenvalue weighted by Crippen LogP contribution is -2.46. The van der Waals surface area contributed by atoms with Crippen molar-refractivity contribution in [2.24, 2.45) is 0 Å². The van der Waals surface area contributed by atoms with E-state index in [0.29, 0.717) is 18.7 Å². The minimum absolute atomic E-state index is 0.0344. The number of piperidine rings is 1. The molecule has 0 aliphatic carbocycles. The lowest BCUT2D eigenvalue weighted by molar-refractivity contribution is 0.0583. The summed E-state index contributed by atoms with van der Waals surface area (Å²) in [5.74, 6) is -0.100. The van der Waals surface area contributed by atoms with Crippen LogP contribution in [0.2, 0.25) is 5.02 Å². The number of halogens is 1. The van der Waals surface area contributed by atoms with Gasteiger partial charge in [0, 0.05) is 18.9 Å². The van der Waals surface area contributed by atoms with Crippen LogP contribution in [0.15, 0.2) is 29.5 Å². The molecular weight excluding hydrogens is 316 g/mol. The molecule has 1 amide bonds. The Hall–Kier alpha value is -2.08. The average molecular weight is 335 g/mol.